The first-order chi connectivity index (χ1) is 22.3. The number of benzene rings is 2. The third kappa shape index (κ3) is 8.36. The fraction of sp³-hybridized carbons (Fsp3) is 0.514. The molecule has 0 radical (unpaired) electrons. The minimum atomic E-state index is -3.23. The summed E-state index contributed by atoms with van der Waals surface area (Å²) < 4.78 is 78.6. The first kappa shape index (κ1) is 36.6. The highest BCUT2D eigenvalue weighted by molar-refractivity contribution is 7.90. The summed E-state index contributed by atoms with van der Waals surface area (Å²) in [6.45, 7) is 14.9. The Morgan fingerprint density at radius 3 is 1.58 bits per heavy atom. The average Bonchev–Trinajstić information content (AvgIpc) is 3.92. The molecule has 3 aliphatic rings. The van der Waals surface area contributed by atoms with Gasteiger partial charge in [-0.2, -0.15) is 0 Å². The van der Waals surface area contributed by atoms with E-state index >= 15 is 0 Å². The van der Waals surface area contributed by atoms with Crippen LogP contribution in [0.25, 0.3) is 11.1 Å². The molecule has 2 N–H and O–H groups in total. The van der Waals surface area contributed by atoms with E-state index in [0.717, 1.165) is 40.6 Å². The summed E-state index contributed by atoms with van der Waals surface area (Å²) >= 11 is 0. The topological polar surface area (TPSA) is 124 Å². The largest absolute Gasteiger partial charge is 0.494 e. The van der Waals surface area contributed by atoms with Crippen molar-refractivity contribution in [3.8, 4) is 11.1 Å². The number of aromatic nitrogens is 1. The van der Waals surface area contributed by atoms with Crippen LogP contribution in [0.1, 0.15) is 91.2 Å². The Morgan fingerprint density at radius 1 is 0.729 bits per heavy atom. The zero-order valence-corrected chi connectivity index (χ0v) is 30.5. The molecule has 2 aliphatic carbocycles. The second kappa shape index (κ2) is 13.6. The van der Waals surface area contributed by atoms with Crippen molar-refractivity contribution in [3.05, 3.63) is 83.9 Å². The third-order valence-electron chi connectivity index (χ3n) is 9.72. The Hall–Kier alpha value is -2.68. The molecule has 9 nitrogen and oxygen atoms in total. The molecule has 1 aromatic heterocycles. The van der Waals surface area contributed by atoms with Gasteiger partial charge in [0.05, 0.1) is 27.9 Å². The van der Waals surface area contributed by atoms with Gasteiger partial charge in [0.15, 0.2) is 0 Å². The molecule has 13 heteroatoms. The molecule has 0 bridgehead atoms. The van der Waals surface area contributed by atoms with Crippen LogP contribution in [-0.2, 0) is 29.4 Å². The van der Waals surface area contributed by atoms with Crippen LogP contribution in [0.3, 0.4) is 0 Å². The zero-order valence-electron chi connectivity index (χ0n) is 28.9. The van der Waals surface area contributed by atoms with Gasteiger partial charge in [-0.05, 0) is 96.5 Å². The zero-order chi connectivity index (χ0) is 35.2. The molecule has 4 atom stereocenters. The molecule has 6 rings (SSSR count). The molecular formula is C35H47BFN3O6S2. The highest BCUT2D eigenvalue weighted by Crippen LogP contribution is 2.43. The minimum Gasteiger partial charge on any atom is -0.399 e. The minimum absolute atomic E-state index is 0.00935. The van der Waals surface area contributed by atoms with Crippen LogP contribution < -0.4 is 14.9 Å². The molecule has 0 unspecified atom stereocenters. The van der Waals surface area contributed by atoms with Gasteiger partial charge in [-0.15, -0.1) is 0 Å². The molecule has 3 fully saturated rings. The Morgan fingerprint density at radius 2 is 1.17 bits per heavy atom. The number of nitrogens with one attached hydrogen (secondary N) is 2. The van der Waals surface area contributed by atoms with Crippen molar-refractivity contribution >= 4 is 32.6 Å². The molecule has 2 heterocycles. The summed E-state index contributed by atoms with van der Waals surface area (Å²) in [6.07, 6.45) is 4.46. The smallest absolute Gasteiger partial charge is 0.399 e. The normalized spacial score (nSPS) is 24.4. The molecule has 48 heavy (non-hydrogen) atoms. The van der Waals surface area contributed by atoms with Gasteiger partial charge in [-0.1, -0.05) is 48.5 Å². The molecule has 1 aliphatic heterocycles. The lowest BCUT2D eigenvalue weighted by atomic mass is 9.78. The van der Waals surface area contributed by atoms with E-state index in [9.17, 15) is 21.2 Å². The van der Waals surface area contributed by atoms with Crippen LogP contribution in [0.5, 0.6) is 0 Å². The Bertz CT molecular complexity index is 1800. The van der Waals surface area contributed by atoms with E-state index in [1.807, 2.05) is 64.1 Å². The number of hydrogen-bond donors (Lipinski definition) is 2. The highest BCUT2D eigenvalue weighted by Gasteiger charge is 2.52. The average molecular weight is 700 g/mol. The standard InChI is InChI=1S/C18H28BNO4S.C17H19FN2O2S/c1-12(2)25(21,22)20-16-11-15(16)13-7-9-14(10-8-13)19-23-17(3,4)18(5,6)24-19;1-11(2)23(21,22)20-17-8-16(17)13-5-3-12(4-6-13)14-7-15(18)10-19-9-14/h7-10,12,15-16,20H,11H2,1-6H3;3-7,9-11,16-17,20H,8H2,1-2H3/t15-,16+;16-,17+/m11/s1. The summed E-state index contributed by atoms with van der Waals surface area (Å²) in [5, 5.41) is -0.828. The van der Waals surface area contributed by atoms with E-state index < -0.39 is 30.5 Å². The van der Waals surface area contributed by atoms with Crippen LogP contribution in [0.15, 0.2) is 67.0 Å². The molecule has 1 saturated heterocycles. The fourth-order valence-corrected chi connectivity index (χ4v) is 7.36. The van der Waals surface area contributed by atoms with E-state index in [4.69, 9.17) is 9.31 Å². The molecule has 2 saturated carbocycles. The molecule has 3 aromatic rings. The lowest BCUT2D eigenvalue weighted by Gasteiger charge is -2.32. The van der Waals surface area contributed by atoms with Crippen LogP contribution in [0, 0.1) is 5.82 Å². The molecule has 0 amide bonds. The number of sulfonamides is 2. The lowest BCUT2D eigenvalue weighted by molar-refractivity contribution is 0.00578. The second-order valence-electron chi connectivity index (χ2n) is 14.6. The van der Waals surface area contributed by atoms with Crippen molar-refractivity contribution < 1.29 is 30.5 Å². The summed E-state index contributed by atoms with van der Waals surface area (Å²) in [6, 6.07) is 17.3. The van der Waals surface area contributed by atoms with Crippen LogP contribution in [-0.4, -0.2) is 62.7 Å². The number of rotatable bonds is 10. The quantitative estimate of drug-likeness (QED) is 0.278. The molecule has 0 spiro atoms. The van der Waals surface area contributed by atoms with Crippen molar-refractivity contribution in [2.75, 3.05) is 0 Å². The van der Waals surface area contributed by atoms with Crippen molar-refractivity contribution in [2.45, 2.75) is 114 Å². The van der Waals surface area contributed by atoms with Crippen LogP contribution >= 0.6 is 0 Å². The van der Waals surface area contributed by atoms with Gasteiger partial charge < -0.3 is 9.31 Å². The Kier molecular flexibility index (Phi) is 10.3. The Balaban J connectivity index is 0.000000188. The van der Waals surface area contributed by atoms with Gasteiger partial charge >= 0.3 is 7.12 Å². The summed E-state index contributed by atoms with van der Waals surface area (Å²) in [5.74, 6) is 0.0982. The van der Waals surface area contributed by atoms with E-state index in [1.54, 1.807) is 33.9 Å². The first-order valence-corrected chi connectivity index (χ1v) is 19.6. The first-order valence-electron chi connectivity index (χ1n) is 16.5. The number of halogens is 1. The van der Waals surface area contributed by atoms with Gasteiger partial charge in [0.1, 0.15) is 5.82 Å². The SMILES string of the molecule is CC(C)S(=O)(=O)N[C@H]1C[C@@H]1c1ccc(-c2cncc(F)c2)cc1.CC(C)S(=O)(=O)N[C@H]1C[C@@H]1c1ccc(B2OC(C)(C)C(C)(C)O2)cc1. The predicted octanol–water partition coefficient (Wildman–Crippen LogP) is 5.24. The maximum Gasteiger partial charge on any atom is 0.494 e. The fourth-order valence-electron chi connectivity index (χ4n) is 5.45. The number of hydrogen-bond acceptors (Lipinski definition) is 7. The van der Waals surface area contributed by atoms with Crippen LogP contribution in [0.2, 0.25) is 0 Å². The number of pyridine rings is 1. The maximum absolute atomic E-state index is 13.2. The third-order valence-corrected chi connectivity index (χ3v) is 13.5. The van der Waals surface area contributed by atoms with Crippen molar-refractivity contribution in [1.29, 1.82) is 0 Å². The summed E-state index contributed by atoms with van der Waals surface area (Å²) in [4.78, 5) is 3.85. The van der Waals surface area contributed by atoms with Gasteiger partial charge in [-0.3, -0.25) is 4.98 Å². The summed E-state index contributed by atoms with van der Waals surface area (Å²) in [7, 11) is -6.81. The predicted molar refractivity (Wildman–Crippen MR) is 188 cm³/mol. The van der Waals surface area contributed by atoms with Gasteiger partial charge in [0.2, 0.25) is 20.0 Å². The van der Waals surface area contributed by atoms with Crippen LogP contribution in [0.4, 0.5) is 4.39 Å². The van der Waals surface area contributed by atoms with Gasteiger partial charge in [-0.25, -0.2) is 30.7 Å². The van der Waals surface area contributed by atoms with E-state index in [0.29, 0.717) is 0 Å². The molecule has 260 valence electrons. The highest BCUT2D eigenvalue weighted by atomic mass is 32.2. The van der Waals surface area contributed by atoms with Crippen molar-refractivity contribution in [1.82, 2.24) is 14.4 Å². The van der Waals surface area contributed by atoms with E-state index in [2.05, 4.69) is 26.6 Å². The lowest BCUT2D eigenvalue weighted by Crippen LogP contribution is -2.41. The van der Waals surface area contributed by atoms with Crippen molar-refractivity contribution in [3.63, 3.8) is 0 Å². The van der Waals surface area contributed by atoms with Crippen molar-refractivity contribution in [2.24, 2.45) is 0 Å². The maximum atomic E-state index is 13.2. The van der Waals surface area contributed by atoms with Gasteiger partial charge in [0, 0.05) is 35.7 Å². The van der Waals surface area contributed by atoms with E-state index in [-0.39, 0.29) is 48.1 Å². The number of nitrogens with zero attached hydrogens (tertiary/aromatic N) is 1. The molecule has 2 aromatic carbocycles. The molecular weight excluding hydrogens is 652 g/mol. The monoisotopic (exact) mass is 699 g/mol. The summed E-state index contributed by atoms with van der Waals surface area (Å²) in [5.41, 5.74) is 4.14. The Labute approximate surface area is 285 Å². The van der Waals surface area contributed by atoms with E-state index in [1.165, 1.54) is 12.3 Å². The second-order valence-corrected chi connectivity index (χ2v) is 19.1. The van der Waals surface area contributed by atoms with Gasteiger partial charge in [0.25, 0.3) is 0 Å².